The van der Waals surface area contributed by atoms with Crippen molar-refractivity contribution in [1.29, 1.82) is 0 Å². The Morgan fingerprint density at radius 2 is 1.92 bits per heavy atom. The second-order valence-electron chi connectivity index (χ2n) is 5.90. The van der Waals surface area contributed by atoms with Gasteiger partial charge in [0, 0.05) is 16.0 Å². The summed E-state index contributed by atoms with van der Waals surface area (Å²) in [6.07, 6.45) is -0.596. The van der Waals surface area contributed by atoms with E-state index < -0.39 is 39.1 Å². The number of thioether (sulfide) groups is 1. The van der Waals surface area contributed by atoms with Gasteiger partial charge in [-0.1, -0.05) is 11.6 Å². The van der Waals surface area contributed by atoms with Gasteiger partial charge in [-0.2, -0.15) is 0 Å². The lowest BCUT2D eigenvalue weighted by atomic mass is 10.2. The number of carbonyl (C=O) groups is 2. The van der Waals surface area contributed by atoms with Crippen molar-refractivity contribution in [2.45, 2.75) is 42.6 Å². The molecule has 1 aromatic carbocycles. The van der Waals surface area contributed by atoms with E-state index in [0.717, 1.165) is 4.90 Å². The molecule has 0 unspecified atom stereocenters. The summed E-state index contributed by atoms with van der Waals surface area (Å²) in [6, 6.07) is 6.64. The van der Waals surface area contributed by atoms with E-state index in [2.05, 4.69) is 5.32 Å². The number of ether oxygens (including phenoxy) is 1. The summed E-state index contributed by atoms with van der Waals surface area (Å²) in [4.78, 5) is 25.0. The lowest BCUT2D eigenvalue weighted by Crippen LogP contribution is -2.43. The Bertz CT molecular complexity index is 735. The van der Waals surface area contributed by atoms with Crippen LogP contribution in [0.15, 0.2) is 29.2 Å². The van der Waals surface area contributed by atoms with Crippen molar-refractivity contribution in [2.24, 2.45) is 0 Å². The molecule has 0 aliphatic carbocycles. The summed E-state index contributed by atoms with van der Waals surface area (Å²) < 4.78 is 28.0. The predicted molar refractivity (Wildman–Crippen MR) is 97.5 cm³/mol. The Morgan fingerprint density at radius 3 is 2.48 bits per heavy atom. The second-order valence-corrected chi connectivity index (χ2v) is 9.98. The largest absolute Gasteiger partial charge is 0.452 e. The molecule has 0 aromatic heterocycles. The molecule has 2 rings (SSSR count). The Morgan fingerprint density at radius 1 is 1.28 bits per heavy atom. The third-order valence-electron chi connectivity index (χ3n) is 3.70. The van der Waals surface area contributed by atoms with E-state index in [9.17, 15) is 18.0 Å². The molecule has 1 fully saturated rings. The monoisotopic (exact) mass is 405 g/mol. The van der Waals surface area contributed by atoms with E-state index in [1.54, 1.807) is 31.2 Å². The molecule has 0 bridgehead atoms. The highest BCUT2D eigenvalue weighted by Crippen LogP contribution is 2.25. The molecule has 1 aliphatic rings. The van der Waals surface area contributed by atoms with Crippen LogP contribution in [0.1, 0.15) is 20.3 Å². The highest BCUT2D eigenvalue weighted by atomic mass is 35.5. The highest BCUT2D eigenvalue weighted by Gasteiger charge is 2.31. The molecule has 1 aromatic rings. The van der Waals surface area contributed by atoms with Crippen molar-refractivity contribution in [3.8, 4) is 0 Å². The number of esters is 1. The number of sulfone groups is 1. The third-order valence-corrected chi connectivity index (χ3v) is 6.81. The third kappa shape index (κ3) is 6.20. The first-order valence-corrected chi connectivity index (χ1v) is 10.9. The normalized spacial score (nSPS) is 21.3. The molecule has 1 aliphatic heterocycles. The van der Waals surface area contributed by atoms with Crippen LogP contribution < -0.4 is 5.32 Å². The van der Waals surface area contributed by atoms with Crippen molar-refractivity contribution in [3.63, 3.8) is 0 Å². The van der Waals surface area contributed by atoms with Gasteiger partial charge in [-0.25, -0.2) is 8.42 Å². The fourth-order valence-corrected chi connectivity index (χ4v) is 4.97. The van der Waals surface area contributed by atoms with Crippen molar-refractivity contribution in [1.82, 2.24) is 5.32 Å². The predicted octanol–water partition coefficient (Wildman–Crippen LogP) is 2.06. The minimum atomic E-state index is -3.08. The van der Waals surface area contributed by atoms with Crippen LogP contribution in [0.5, 0.6) is 0 Å². The molecule has 138 valence electrons. The van der Waals surface area contributed by atoms with Crippen molar-refractivity contribution in [2.75, 3.05) is 11.5 Å². The maximum Gasteiger partial charge on any atom is 0.319 e. The maximum atomic E-state index is 12.1. The standard InChI is InChI=1S/C16H20ClNO5S2/c1-10(15(19)18-13-7-8-25(21,22)9-13)23-16(20)11(2)24-14-5-3-12(17)4-6-14/h3-6,10-11,13H,7-9H2,1-2H3,(H,18,19)/t10-,11+,13+/m0/s1. The Hall–Kier alpha value is -1.25. The van der Waals surface area contributed by atoms with Gasteiger partial charge in [-0.15, -0.1) is 11.8 Å². The van der Waals surface area contributed by atoms with Gasteiger partial charge in [0.25, 0.3) is 5.91 Å². The quantitative estimate of drug-likeness (QED) is 0.575. The molecule has 25 heavy (non-hydrogen) atoms. The zero-order chi connectivity index (χ0) is 18.6. The van der Waals surface area contributed by atoms with E-state index in [4.69, 9.17) is 16.3 Å². The topological polar surface area (TPSA) is 89.5 Å². The van der Waals surface area contributed by atoms with Crippen LogP contribution in [0.25, 0.3) is 0 Å². The van der Waals surface area contributed by atoms with E-state index in [1.807, 2.05) is 0 Å². The Labute approximate surface area is 156 Å². The average Bonchev–Trinajstić information content (AvgIpc) is 2.88. The van der Waals surface area contributed by atoms with Crippen LogP contribution in [0.4, 0.5) is 0 Å². The van der Waals surface area contributed by atoms with E-state index in [0.29, 0.717) is 11.4 Å². The van der Waals surface area contributed by atoms with Gasteiger partial charge < -0.3 is 10.1 Å². The number of hydrogen-bond acceptors (Lipinski definition) is 6. The fraction of sp³-hybridized carbons (Fsp3) is 0.500. The zero-order valence-electron chi connectivity index (χ0n) is 13.9. The molecule has 0 saturated carbocycles. The molecule has 1 heterocycles. The van der Waals surface area contributed by atoms with Crippen molar-refractivity contribution >= 4 is 45.1 Å². The molecular formula is C16H20ClNO5S2. The van der Waals surface area contributed by atoms with Crippen LogP contribution in [-0.4, -0.2) is 49.2 Å². The smallest absolute Gasteiger partial charge is 0.319 e. The number of hydrogen-bond donors (Lipinski definition) is 1. The van der Waals surface area contributed by atoms with Gasteiger partial charge in [-0.05, 0) is 44.5 Å². The van der Waals surface area contributed by atoms with Gasteiger partial charge in [-0.3, -0.25) is 9.59 Å². The summed E-state index contributed by atoms with van der Waals surface area (Å²) in [5.74, 6) is -0.996. The molecule has 0 radical (unpaired) electrons. The lowest BCUT2D eigenvalue weighted by molar-refractivity contribution is -0.154. The number of halogens is 1. The summed E-state index contributed by atoms with van der Waals surface area (Å²) in [6.45, 7) is 3.16. The van der Waals surface area contributed by atoms with Crippen molar-refractivity contribution in [3.05, 3.63) is 29.3 Å². The van der Waals surface area contributed by atoms with Gasteiger partial charge in [0.1, 0.15) is 5.25 Å². The second kappa shape index (κ2) is 8.42. The SMILES string of the molecule is C[C@H](OC(=O)[C@@H](C)Sc1ccc(Cl)cc1)C(=O)N[C@@H]1CCS(=O)(=O)C1. The van der Waals surface area contributed by atoms with E-state index in [-0.39, 0.29) is 11.5 Å². The minimum Gasteiger partial charge on any atom is -0.452 e. The molecule has 0 spiro atoms. The summed E-state index contributed by atoms with van der Waals surface area (Å²) >= 11 is 7.12. The van der Waals surface area contributed by atoms with E-state index in [1.165, 1.54) is 18.7 Å². The maximum absolute atomic E-state index is 12.1. The molecule has 9 heteroatoms. The van der Waals surface area contributed by atoms with Gasteiger partial charge in [0.2, 0.25) is 0 Å². The van der Waals surface area contributed by atoms with Crippen LogP contribution in [0.2, 0.25) is 5.02 Å². The lowest BCUT2D eigenvalue weighted by Gasteiger charge is -2.18. The molecular weight excluding hydrogens is 386 g/mol. The van der Waals surface area contributed by atoms with Crippen LogP contribution in [0, 0.1) is 0 Å². The number of amides is 1. The van der Waals surface area contributed by atoms with Gasteiger partial charge in [0.15, 0.2) is 15.9 Å². The Balaban J connectivity index is 1.82. The van der Waals surface area contributed by atoms with Crippen LogP contribution >= 0.6 is 23.4 Å². The van der Waals surface area contributed by atoms with E-state index >= 15 is 0 Å². The van der Waals surface area contributed by atoms with Gasteiger partial charge in [0.05, 0.1) is 11.5 Å². The summed E-state index contributed by atoms with van der Waals surface area (Å²) in [5, 5.41) is 2.73. The molecule has 1 amide bonds. The number of benzene rings is 1. The van der Waals surface area contributed by atoms with Crippen LogP contribution in [0.3, 0.4) is 0 Å². The average molecular weight is 406 g/mol. The molecule has 3 atom stereocenters. The first kappa shape index (κ1) is 20.1. The number of rotatable bonds is 6. The molecule has 1 saturated heterocycles. The number of nitrogens with one attached hydrogen (secondary N) is 1. The number of carbonyl (C=O) groups excluding carboxylic acids is 2. The Kier molecular flexibility index (Phi) is 6.76. The fourth-order valence-electron chi connectivity index (χ4n) is 2.32. The summed E-state index contributed by atoms with van der Waals surface area (Å²) in [5.41, 5.74) is 0. The minimum absolute atomic E-state index is 0.0672. The summed E-state index contributed by atoms with van der Waals surface area (Å²) in [7, 11) is -3.08. The van der Waals surface area contributed by atoms with Crippen LogP contribution in [-0.2, 0) is 24.2 Å². The first-order chi connectivity index (χ1) is 11.7. The molecule has 6 nitrogen and oxygen atoms in total. The highest BCUT2D eigenvalue weighted by molar-refractivity contribution is 8.00. The molecule has 1 N–H and O–H groups in total. The van der Waals surface area contributed by atoms with Crippen molar-refractivity contribution < 1.29 is 22.7 Å². The first-order valence-electron chi connectivity index (χ1n) is 7.80. The van der Waals surface area contributed by atoms with Gasteiger partial charge >= 0.3 is 5.97 Å². The zero-order valence-corrected chi connectivity index (χ0v) is 16.3.